The van der Waals surface area contributed by atoms with Crippen LogP contribution in [0, 0.1) is 5.82 Å². The number of hydrogen-bond acceptors (Lipinski definition) is 4. The molecule has 5 rings (SSSR count). The Bertz CT molecular complexity index is 1750. The Morgan fingerprint density at radius 3 is 2.63 bits per heavy atom. The number of benzene rings is 3. The van der Waals surface area contributed by atoms with Gasteiger partial charge in [-0.05, 0) is 83.3 Å². The summed E-state index contributed by atoms with van der Waals surface area (Å²) in [6.45, 7) is 6.41. The number of nitrogens with one attached hydrogen (secondary N) is 1. The Labute approximate surface area is 257 Å². The van der Waals surface area contributed by atoms with E-state index in [2.05, 4.69) is 23.6 Å². The lowest BCUT2D eigenvalue weighted by Gasteiger charge is -2.38. The minimum absolute atomic E-state index is 0.0976. The summed E-state index contributed by atoms with van der Waals surface area (Å²) in [5.74, 6) is -0.0139. The highest BCUT2D eigenvalue weighted by atomic mass is 35.5. The van der Waals surface area contributed by atoms with Crippen LogP contribution in [0.3, 0.4) is 0 Å². The van der Waals surface area contributed by atoms with E-state index in [-0.39, 0.29) is 40.9 Å². The van der Waals surface area contributed by atoms with Gasteiger partial charge in [0.2, 0.25) is 15.9 Å². The molecule has 0 spiro atoms. The lowest BCUT2D eigenvalue weighted by atomic mass is 9.71. The summed E-state index contributed by atoms with van der Waals surface area (Å²) >= 11 is 6.09. The predicted octanol–water partition coefficient (Wildman–Crippen LogP) is 7.03. The highest BCUT2D eigenvalue weighted by molar-refractivity contribution is 7.89. The third-order valence-electron chi connectivity index (χ3n) is 8.33. The highest BCUT2D eigenvalue weighted by Crippen LogP contribution is 2.44. The summed E-state index contributed by atoms with van der Waals surface area (Å²) in [6, 6.07) is 17.9. The van der Waals surface area contributed by atoms with E-state index in [9.17, 15) is 17.6 Å². The fraction of sp³-hybridized carbons (Fsp3) is 0.333. The molecule has 0 aliphatic heterocycles. The smallest absolute Gasteiger partial charge is 0.241 e. The van der Waals surface area contributed by atoms with Crippen LogP contribution >= 0.6 is 11.6 Å². The standard InChI is InChI=1S/C33H36ClFN4O3S/c1-22(23-7-5-9-25(35)18-23)17-32(40)39(21-31-36-15-16-38(31)4)26-11-12-29-28(20-26)30(13-14-33(29,2)3)37-43(41,42)27-10-6-8-24(34)19-27/h5-12,15-16,18-20,22,30,37H,13-14,17,21H2,1-4H3. The minimum atomic E-state index is -3.87. The van der Waals surface area contributed by atoms with E-state index in [1.807, 2.05) is 49.0 Å². The van der Waals surface area contributed by atoms with Crippen LogP contribution in [0.1, 0.15) is 74.5 Å². The maximum Gasteiger partial charge on any atom is 0.241 e. The van der Waals surface area contributed by atoms with Crippen LogP contribution in [0.15, 0.2) is 84.0 Å². The summed E-state index contributed by atoms with van der Waals surface area (Å²) in [7, 11) is -2.00. The zero-order valence-corrected chi connectivity index (χ0v) is 26.3. The third-order valence-corrected chi connectivity index (χ3v) is 10.0. The van der Waals surface area contributed by atoms with Crippen molar-refractivity contribution in [3.05, 3.63) is 112 Å². The molecule has 1 aliphatic carbocycles. The monoisotopic (exact) mass is 622 g/mol. The molecule has 4 aromatic rings. The number of aromatic nitrogens is 2. The number of nitrogens with zero attached hydrogens (tertiary/aromatic N) is 3. The van der Waals surface area contributed by atoms with Crippen LogP contribution < -0.4 is 9.62 Å². The lowest BCUT2D eigenvalue weighted by molar-refractivity contribution is -0.119. The number of imidazole rings is 1. The van der Waals surface area contributed by atoms with Crippen molar-refractivity contribution in [2.75, 3.05) is 4.90 Å². The van der Waals surface area contributed by atoms with Gasteiger partial charge in [-0.15, -0.1) is 0 Å². The van der Waals surface area contributed by atoms with Crippen molar-refractivity contribution >= 4 is 33.2 Å². The van der Waals surface area contributed by atoms with Gasteiger partial charge in [-0.25, -0.2) is 22.5 Å². The van der Waals surface area contributed by atoms with Crippen molar-refractivity contribution < 1.29 is 17.6 Å². The van der Waals surface area contributed by atoms with Crippen LogP contribution in [0.5, 0.6) is 0 Å². The third kappa shape index (κ3) is 6.84. The van der Waals surface area contributed by atoms with E-state index >= 15 is 0 Å². The molecule has 3 aromatic carbocycles. The van der Waals surface area contributed by atoms with Gasteiger partial charge >= 0.3 is 0 Å². The summed E-state index contributed by atoms with van der Waals surface area (Å²) < 4.78 is 45.5. The molecular weight excluding hydrogens is 587 g/mol. The zero-order chi connectivity index (χ0) is 30.9. The van der Waals surface area contributed by atoms with Crippen LogP contribution in [0.4, 0.5) is 10.1 Å². The number of carbonyl (C=O) groups excluding carboxylic acids is 1. The molecule has 2 atom stereocenters. The molecule has 1 heterocycles. The van der Waals surface area contributed by atoms with Crippen molar-refractivity contribution in [3.63, 3.8) is 0 Å². The van der Waals surface area contributed by atoms with Crippen LogP contribution in [0.2, 0.25) is 5.02 Å². The molecule has 1 aliphatic rings. The number of hydrogen-bond donors (Lipinski definition) is 1. The Balaban J connectivity index is 1.52. The molecule has 43 heavy (non-hydrogen) atoms. The SMILES string of the molecule is CC(CC(=O)N(Cc1nccn1C)c1ccc2c(c1)C(NS(=O)(=O)c1cccc(Cl)c1)CCC2(C)C)c1cccc(F)c1. The van der Waals surface area contributed by atoms with Crippen LogP contribution in [0.25, 0.3) is 0 Å². The Morgan fingerprint density at radius 1 is 1.16 bits per heavy atom. The number of amides is 1. The highest BCUT2D eigenvalue weighted by Gasteiger charge is 2.36. The average molecular weight is 623 g/mol. The van der Waals surface area contributed by atoms with E-state index < -0.39 is 16.1 Å². The molecule has 2 unspecified atom stereocenters. The molecule has 0 saturated heterocycles. The second kappa shape index (κ2) is 12.2. The van der Waals surface area contributed by atoms with Gasteiger partial charge in [0.15, 0.2) is 0 Å². The van der Waals surface area contributed by atoms with E-state index in [0.717, 1.165) is 23.1 Å². The summed E-state index contributed by atoms with van der Waals surface area (Å²) in [5.41, 5.74) is 3.05. The number of halogens is 2. The van der Waals surface area contributed by atoms with Crippen LogP contribution in [-0.2, 0) is 33.8 Å². The predicted molar refractivity (Wildman–Crippen MR) is 167 cm³/mol. The van der Waals surface area contributed by atoms with Crippen molar-refractivity contribution in [2.45, 2.75) is 68.8 Å². The van der Waals surface area contributed by atoms with Gasteiger partial charge < -0.3 is 9.47 Å². The minimum Gasteiger partial charge on any atom is -0.337 e. The molecule has 0 fully saturated rings. The van der Waals surface area contributed by atoms with Gasteiger partial charge in [0.1, 0.15) is 11.6 Å². The normalized spacial score (nSPS) is 16.8. The second-order valence-electron chi connectivity index (χ2n) is 11.9. The number of fused-ring (bicyclic) bond motifs is 1. The zero-order valence-electron chi connectivity index (χ0n) is 24.7. The van der Waals surface area contributed by atoms with E-state index in [1.165, 1.54) is 24.3 Å². The average Bonchev–Trinajstić information content (AvgIpc) is 3.37. The van der Waals surface area contributed by atoms with Gasteiger partial charge in [-0.1, -0.05) is 56.6 Å². The number of rotatable bonds is 9. The molecule has 7 nitrogen and oxygen atoms in total. The van der Waals surface area contributed by atoms with Crippen LogP contribution in [-0.4, -0.2) is 23.9 Å². The molecule has 1 N–H and O–H groups in total. The Morgan fingerprint density at radius 2 is 1.93 bits per heavy atom. The Hall–Kier alpha value is -3.53. The number of sulfonamides is 1. The molecular formula is C33H36ClFN4O3S. The molecule has 226 valence electrons. The van der Waals surface area contributed by atoms with Crippen molar-refractivity contribution in [3.8, 4) is 0 Å². The number of carbonyl (C=O) groups is 1. The number of aryl methyl sites for hydroxylation is 1. The van der Waals surface area contributed by atoms with E-state index in [4.69, 9.17) is 11.6 Å². The maximum atomic E-state index is 13.9. The molecule has 0 radical (unpaired) electrons. The summed E-state index contributed by atoms with van der Waals surface area (Å²) in [5, 5.41) is 0.339. The largest absolute Gasteiger partial charge is 0.337 e. The summed E-state index contributed by atoms with van der Waals surface area (Å²) in [6.07, 6.45) is 5.03. The fourth-order valence-electron chi connectivity index (χ4n) is 5.75. The first kappa shape index (κ1) is 30.9. The molecule has 0 bridgehead atoms. The van der Waals surface area contributed by atoms with Gasteiger partial charge in [-0.2, -0.15) is 0 Å². The lowest BCUT2D eigenvalue weighted by Crippen LogP contribution is -2.37. The molecule has 0 saturated carbocycles. The topological polar surface area (TPSA) is 84.3 Å². The van der Waals surface area contributed by atoms with E-state index in [1.54, 1.807) is 29.3 Å². The van der Waals surface area contributed by atoms with Gasteiger partial charge in [-0.3, -0.25) is 4.79 Å². The summed E-state index contributed by atoms with van der Waals surface area (Å²) in [4.78, 5) is 20.2. The molecule has 1 amide bonds. The van der Waals surface area contributed by atoms with Gasteiger partial charge in [0, 0.05) is 42.6 Å². The molecule has 10 heteroatoms. The number of anilines is 1. The second-order valence-corrected chi connectivity index (χ2v) is 14.1. The van der Waals surface area contributed by atoms with Crippen molar-refractivity contribution in [2.24, 2.45) is 7.05 Å². The maximum absolute atomic E-state index is 13.9. The van der Waals surface area contributed by atoms with Crippen molar-refractivity contribution in [1.29, 1.82) is 0 Å². The quantitative estimate of drug-likeness (QED) is 0.217. The van der Waals surface area contributed by atoms with Gasteiger partial charge in [0.05, 0.1) is 11.4 Å². The Kier molecular flexibility index (Phi) is 8.79. The first-order valence-corrected chi connectivity index (χ1v) is 16.1. The van der Waals surface area contributed by atoms with E-state index in [0.29, 0.717) is 23.0 Å². The van der Waals surface area contributed by atoms with Crippen molar-refractivity contribution in [1.82, 2.24) is 14.3 Å². The first-order valence-electron chi connectivity index (χ1n) is 14.3. The first-order chi connectivity index (χ1) is 20.3. The fourth-order valence-corrected chi connectivity index (χ4v) is 7.30. The van der Waals surface area contributed by atoms with Gasteiger partial charge in [0.25, 0.3) is 0 Å². The molecule has 1 aromatic heterocycles.